The molecule has 3 rings (SSSR count). The molecule has 8 nitrogen and oxygen atoms in total. The van der Waals surface area contributed by atoms with E-state index >= 15 is 0 Å². The number of carbonyl (C=O) groups is 2. The van der Waals surface area contributed by atoms with E-state index in [4.69, 9.17) is 23.7 Å². The summed E-state index contributed by atoms with van der Waals surface area (Å²) in [6.45, 7) is 2.44. The smallest absolute Gasteiger partial charge is 0.328 e. The average Bonchev–Trinajstić information content (AvgIpc) is 3.27. The van der Waals surface area contributed by atoms with E-state index in [-0.39, 0.29) is 18.3 Å². The number of likely N-dealkylation sites (tertiary alicyclic amines) is 1. The molecule has 1 fully saturated rings. The zero-order chi connectivity index (χ0) is 25.4. The molecule has 2 atom stereocenters. The second-order valence-electron chi connectivity index (χ2n) is 8.36. The van der Waals surface area contributed by atoms with Gasteiger partial charge >= 0.3 is 5.97 Å². The van der Waals surface area contributed by atoms with Gasteiger partial charge < -0.3 is 28.6 Å². The van der Waals surface area contributed by atoms with Gasteiger partial charge in [-0.2, -0.15) is 0 Å². The van der Waals surface area contributed by atoms with E-state index in [1.54, 1.807) is 26.2 Å². The van der Waals surface area contributed by atoms with E-state index in [9.17, 15) is 9.59 Å². The van der Waals surface area contributed by atoms with Gasteiger partial charge in [0.25, 0.3) is 0 Å². The Morgan fingerprint density at radius 2 is 1.60 bits per heavy atom. The highest BCUT2D eigenvalue weighted by atomic mass is 16.5. The van der Waals surface area contributed by atoms with E-state index in [0.29, 0.717) is 36.0 Å². The molecule has 2 aromatic rings. The highest BCUT2D eigenvalue weighted by Gasteiger charge is 2.43. The summed E-state index contributed by atoms with van der Waals surface area (Å²) < 4.78 is 27.5. The predicted octanol–water partition coefficient (Wildman–Crippen LogP) is 4.53. The van der Waals surface area contributed by atoms with Crippen LogP contribution in [0.1, 0.15) is 56.2 Å². The minimum absolute atomic E-state index is 0.116. The van der Waals surface area contributed by atoms with Gasteiger partial charge in [-0.15, -0.1) is 0 Å². The van der Waals surface area contributed by atoms with Gasteiger partial charge in [-0.05, 0) is 48.2 Å². The largest absolute Gasteiger partial charge is 0.497 e. The van der Waals surface area contributed by atoms with E-state index < -0.39 is 12.1 Å². The zero-order valence-corrected chi connectivity index (χ0v) is 21.2. The summed E-state index contributed by atoms with van der Waals surface area (Å²) in [6.07, 6.45) is 3.50. The lowest BCUT2D eigenvalue weighted by molar-refractivity contribution is -0.153. The summed E-state index contributed by atoms with van der Waals surface area (Å²) >= 11 is 0. The Morgan fingerprint density at radius 1 is 0.943 bits per heavy atom. The maximum Gasteiger partial charge on any atom is 0.328 e. The Morgan fingerprint density at radius 3 is 2.14 bits per heavy atom. The van der Waals surface area contributed by atoms with Gasteiger partial charge in [0.15, 0.2) is 11.5 Å². The summed E-state index contributed by atoms with van der Waals surface area (Å²) in [5.41, 5.74) is 1.54. The molecule has 0 N–H and O–H groups in total. The van der Waals surface area contributed by atoms with Crippen molar-refractivity contribution in [1.29, 1.82) is 0 Å². The zero-order valence-electron chi connectivity index (χ0n) is 21.2. The number of hydrogen-bond acceptors (Lipinski definition) is 7. The Bertz CT molecular complexity index is 980. The number of ether oxygens (including phenoxy) is 5. The fourth-order valence-corrected chi connectivity index (χ4v) is 4.44. The molecule has 2 aromatic carbocycles. The third-order valence-electron chi connectivity index (χ3n) is 6.23. The van der Waals surface area contributed by atoms with Crippen LogP contribution in [0.4, 0.5) is 0 Å². The summed E-state index contributed by atoms with van der Waals surface area (Å²) in [6, 6.07) is 9.81. The Labute approximate surface area is 207 Å². The normalized spacial score (nSPS) is 16.1. The molecule has 0 aliphatic carbocycles. The van der Waals surface area contributed by atoms with E-state index in [2.05, 4.69) is 6.92 Å². The molecule has 1 aliphatic rings. The van der Waals surface area contributed by atoms with Crippen molar-refractivity contribution in [2.75, 3.05) is 35.0 Å². The number of unbranched alkanes of at least 4 members (excludes halogenated alkanes) is 2. The van der Waals surface area contributed by atoms with Crippen molar-refractivity contribution in [2.24, 2.45) is 0 Å². The molecule has 0 saturated carbocycles. The molecule has 2 unspecified atom stereocenters. The van der Waals surface area contributed by atoms with Crippen LogP contribution >= 0.6 is 0 Å². The predicted molar refractivity (Wildman–Crippen MR) is 131 cm³/mol. The molecule has 0 bridgehead atoms. The van der Waals surface area contributed by atoms with Crippen LogP contribution in [0.25, 0.3) is 0 Å². The lowest BCUT2D eigenvalue weighted by Crippen LogP contribution is -2.42. The van der Waals surface area contributed by atoms with Crippen molar-refractivity contribution < 1.29 is 33.3 Å². The summed E-state index contributed by atoms with van der Waals surface area (Å²) in [4.78, 5) is 27.9. The molecule has 8 heteroatoms. The quantitative estimate of drug-likeness (QED) is 0.322. The van der Waals surface area contributed by atoms with Gasteiger partial charge in [0.2, 0.25) is 11.7 Å². The maximum atomic E-state index is 13.2. The van der Waals surface area contributed by atoms with Crippen molar-refractivity contribution in [3.8, 4) is 23.0 Å². The molecule has 1 aliphatic heterocycles. The molecule has 1 saturated heterocycles. The first-order valence-electron chi connectivity index (χ1n) is 11.9. The van der Waals surface area contributed by atoms with Crippen molar-refractivity contribution in [3.63, 3.8) is 0 Å². The molecular formula is C27H35NO7. The number of benzene rings is 2. The van der Waals surface area contributed by atoms with E-state index in [1.807, 2.05) is 36.4 Å². The first-order valence-corrected chi connectivity index (χ1v) is 11.9. The summed E-state index contributed by atoms with van der Waals surface area (Å²) in [7, 11) is 6.22. The molecule has 0 radical (unpaired) electrons. The minimum Gasteiger partial charge on any atom is -0.497 e. The second kappa shape index (κ2) is 12.3. The van der Waals surface area contributed by atoms with Crippen molar-refractivity contribution >= 4 is 11.9 Å². The van der Waals surface area contributed by atoms with Crippen molar-refractivity contribution in [3.05, 3.63) is 47.5 Å². The highest BCUT2D eigenvalue weighted by Crippen LogP contribution is 2.44. The number of rotatable bonds is 12. The SMILES string of the molecule is CCCCCOC(=O)C1CCC(=O)N1C(c1ccc(OC)cc1)c1cc(OC)c(OC)c(OC)c1. The van der Waals surface area contributed by atoms with Gasteiger partial charge in [-0.1, -0.05) is 31.9 Å². The third-order valence-corrected chi connectivity index (χ3v) is 6.23. The number of methoxy groups -OCH3 is 4. The van der Waals surface area contributed by atoms with Crippen molar-refractivity contribution in [1.82, 2.24) is 4.90 Å². The van der Waals surface area contributed by atoms with Crippen LogP contribution in [0, 0.1) is 0 Å². The van der Waals surface area contributed by atoms with Crippen LogP contribution in [0.15, 0.2) is 36.4 Å². The van der Waals surface area contributed by atoms with E-state index in [0.717, 1.165) is 30.4 Å². The fraction of sp³-hybridized carbons (Fsp3) is 0.481. The second-order valence-corrected chi connectivity index (χ2v) is 8.36. The molecule has 0 spiro atoms. The standard InChI is InChI=1S/C27H35NO7/c1-6-7-8-15-35-27(30)21-13-14-24(29)28(21)25(18-9-11-20(31-2)12-10-18)19-16-22(32-3)26(34-5)23(17-19)33-4/h9-12,16-17,21,25H,6-8,13-15H2,1-5H3. The fourth-order valence-electron chi connectivity index (χ4n) is 4.44. The Hall–Kier alpha value is -3.42. The third kappa shape index (κ3) is 5.81. The molecule has 0 aromatic heterocycles. The first-order chi connectivity index (χ1) is 17.0. The van der Waals surface area contributed by atoms with Crippen LogP contribution in [-0.4, -0.2) is 57.9 Å². The lowest BCUT2D eigenvalue weighted by atomic mass is 9.95. The number of carbonyl (C=O) groups excluding carboxylic acids is 2. The first kappa shape index (κ1) is 26.2. The molecule has 1 heterocycles. The van der Waals surface area contributed by atoms with Crippen molar-refractivity contribution in [2.45, 2.75) is 51.1 Å². The average molecular weight is 486 g/mol. The van der Waals surface area contributed by atoms with Gasteiger partial charge in [-0.25, -0.2) is 4.79 Å². The Kier molecular flexibility index (Phi) is 9.23. The van der Waals surface area contributed by atoms with Gasteiger partial charge in [0.05, 0.1) is 41.1 Å². The van der Waals surface area contributed by atoms with E-state index in [1.165, 1.54) is 7.11 Å². The Balaban J connectivity index is 2.08. The van der Waals surface area contributed by atoms with Gasteiger partial charge in [0, 0.05) is 6.42 Å². The minimum atomic E-state index is -0.685. The highest BCUT2D eigenvalue weighted by molar-refractivity contribution is 5.89. The van der Waals surface area contributed by atoms with Crippen LogP contribution in [-0.2, 0) is 14.3 Å². The van der Waals surface area contributed by atoms with Gasteiger partial charge in [0.1, 0.15) is 11.8 Å². The van der Waals surface area contributed by atoms with Crippen LogP contribution in [0.3, 0.4) is 0 Å². The molecular weight excluding hydrogens is 450 g/mol. The van der Waals surface area contributed by atoms with Crippen LogP contribution in [0.2, 0.25) is 0 Å². The van der Waals surface area contributed by atoms with Crippen LogP contribution < -0.4 is 18.9 Å². The number of nitrogens with zero attached hydrogens (tertiary/aromatic N) is 1. The summed E-state index contributed by atoms with van der Waals surface area (Å²) in [5.74, 6) is 1.58. The molecule has 1 amide bonds. The maximum absolute atomic E-state index is 13.2. The number of amides is 1. The topological polar surface area (TPSA) is 83.5 Å². The molecule has 35 heavy (non-hydrogen) atoms. The lowest BCUT2D eigenvalue weighted by Gasteiger charge is -2.33. The monoisotopic (exact) mass is 485 g/mol. The van der Waals surface area contributed by atoms with Gasteiger partial charge in [-0.3, -0.25) is 4.79 Å². The number of hydrogen-bond donors (Lipinski definition) is 0. The summed E-state index contributed by atoms with van der Waals surface area (Å²) in [5, 5.41) is 0. The molecule has 190 valence electrons. The number of esters is 1. The van der Waals surface area contributed by atoms with Crippen LogP contribution in [0.5, 0.6) is 23.0 Å².